The van der Waals surface area contributed by atoms with Gasteiger partial charge in [0.25, 0.3) is 0 Å². The average molecular weight is 595 g/mol. The number of rotatable bonds is 7. The zero-order valence-corrected chi connectivity index (χ0v) is 27.8. The Kier molecular flexibility index (Phi) is 7.99. The van der Waals surface area contributed by atoms with E-state index in [9.17, 15) is 24.3 Å². The molecule has 6 heteroatoms. The van der Waals surface area contributed by atoms with Crippen LogP contribution in [0.15, 0.2) is 23.3 Å². The summed E-state index contributed by atoms with van der Waals surface area (Å²) in [6, 6.07) is 0. The number of carbonyl (C=O) groups is 4. The van der Waals surface area contributed by atoms with Crippen LogP contribution in [0.1, 0.15) is 120 Å². The number of fused-ring (bicyclic) bond motifs is 7. The molecule has 0 spiro atoms. The number of ether oxygens (including phenoxy) is 1. The number of aldehydes is 1. The van der Waals surface area contributed by atoms with Gasteiger partial charge in [-0.1, -0.05) is 61.5 Å². The fourth-order valence-electron chi connectivity index (χ4n) is 11.6. The number of ketones is 1. The van der Waals surface area contributed by atoms with E-state index >= 15 is 0 Å². The van der Waals surface area contributed by atoms with Crippen molar-refractivity contribution in [2.24, 2.45) is 56.7 Å². The summed E-state index contributed by atoms with van der Waals surface area (Å²) >= 11 is 0. The van der Waals surface area contributed by atoms with Gasteiger partial charge in [-0.25, -0.2) is 4.79 Å². The molecule has 8 unspecified atom stereocenters. The smallest absolute Gasteiger partial charge is 0.328 e. The van der Waals surface area contributed by atoms with E-state index in [-0.39, 0.29) is 46.4 Å². The van der Waals surface area contributed by atoms with Crippen LogP contribution in [-0.4, -0.2) is 35.2 Å². The molecule has 0 aliphatic heterocycles. The van der Waals surface area contributed by atoms with Crippen LogP contribution in [0.2, 0.25) is 0 Å². The Bertz CT molecular complexity index is 1250. The molecule has 1 N–H and O–H groups in total. The number of aliphatic carboxylic acids is 1. The molecular formula is C37H54O6. The molecule has 0 amide bonds. The standard InChI is InChI=1S/C37H54O6/c1-22(2)31-25(39)19-37(18-14-29(40)41)17-11-24-23(32(31)37)9-10-27-35(24,7)15-12-26-34(5,6)28(13-16-36(26,27)8)43-30(42)20-33(3,4)21-38/h14,18,21-24,26-28H,9-13,15-17,19-20H2,1-8H3,(H,40,41)/b18-14+. The Hall–Kier alpha value is -2.24. The normalized spacial score (nSPS) is 40.5. The van der Waals surface area contributed by atoms with Gasteiger partial charge in [0.1, 0.15) is 12.4 Å². The number of allylic oxidation sites excluding steroid dienone is 3. The van der Waals surface area contributed by atoms with E-state index < -0.39 is 16.8 Å². The molecule has 5 aliphatic rings. The molecule has 5 aliphatic carbocycles. The predicted octanol–water partition coefficient (Wildman–Crippen LogP) is 7.74. The van der Waals surface area contributed by atoms with Gasteiger partial charge in [0.2, 0.25) is 0 Å². The third-order valence-electron chi connectivity index (χ3n) is 13.3. The van der Waals surface area contributed by atoms with Crippen LogP contribution < -0.4 is 0 Å². The topological polar surface area (TPSA) is 97.7 Å². The van der Waals surface area contributed by atoms with Crippen molar-refractivity contribution >= 4 is 24.0 Å². The van der Waals surface area contributed by atoms with Crippen LogP contribution in [0.4, 0.5) is 0 Å². The van der Waals surface area contributed by atoms with E-state index in [1.54, 1.807) is 13.8 Å². The first-order valence-electron chi connectivity index (χ1n) is 16.8. The highest BCUT2D eigenvalue weighted by Crippen LogP contribution is 2.73. The largest absolute Gasteiger partial charge is 0.478 e. The lowest BCUT2D eigenvalue weighted by Crippen LogP contribution is -2.63. The summed E-state index contributed by atoms with van der Waals surface area (Å²) < 4.78 is 6.14. The minimum Gasteiger partial charge on any atom is -0.478 e. The van der Waals surface area contributed by atoms with Crippen molar-refractivity contribution in [1.82, 2.24) is 0 Å². The Morgan fingerprint density at radius 2 is 1.65 bits per heavy atom. The molecule has 4 saturated carbocycles. The maximum absolute atomic E-state index is 13.5. The second-order valence-corrected chi connectivity index (χ2v) is 17.0. The SMILES string of the molecule is CC(C)C1=C2C3CCC4C(C)(CCC5C(C)(C)C(OC(=O)CC(C)(C)C=O)CCC54C)C3CCC2(/C=C/C(=O)O)CC1=O. The minimum atomic E-state index is -0.945. The van der Waals surface area contributed by atoms with Gasteiger partial charge in [-0.05, 0) is 103 Å². The van der Waals surface area contributed by atoms with Crippen LogP contribution >= 0.6 is 0 Å². The monoisotopic (exact) mass is 594 g/mol. The van der Waals surface area contributed by atoms with Gasteiger partial charge in [0, 0.05) is 28.7 Å². The molecule has 4 fully saturated rings. The van der Waals surface area contributed by atoms with Gasteiger partial charge in [0.15, 0.2) is 5.78 Å². The number of hydrogen-bond donors (Lipinski definition) is 1. The van der Waals surface area contributed by atoms with E-state index in [1.807, 2.05) is 6.08 Å². The number of carboxylic acids is 1. The third-order valence-corrected chi connectivity index (χ3v) is 13.3. The molecule has 6 nitrogen and oxygen atoms in total. The highest BCUT2D eigenvalue weighted by atomic mass is 16.5. The first kappa shape index (κ1) is 32.2. The number of esters is 1. The molecule has 0 radical (unpaired) electrons. The van der Waals surface area contributed by atoms with Crippen molar-refractivity contribution in [2.45, 2.75) is 126 Å². The minimum absolute atomic E-state index is 0.106. The van der Waals surface area contributed by atoms with Gasteiger partial charge >= 0.3 is 11.9 Å². The quantitative estimate of drug-likeness (QED) is 0.184. The zero-order valence-electron chi connectivity index (χ0n) is 27.8. The summed E-state index contributed by atoms with van der Waals surface area (Å²) in [7, 11) is 0. The second-order valence-electron chi connectivity index (χ2n) is 17.0. The second kappa shape index (κ2) is 10.7. The first-order valence-corrected chi connectivity index (χ1v) is 16.8. The third kappa shape index (κ3) is 5.07. The highest BCUT2D eigenvalue weighted by molar-refractivity contribution is 6.01. The lowest BCUT2D eigenvalue weighted by molar-refractivity contribution is -0.213. The lowest BCUT2D eigenvalue weighted by atomic mass is 9.36. The number of hydrogen-bond acceptors (Lipinski definition) is 5. The van der Waals surface area contributed by atoms with E-state index in [1.165, 1.54) is 11.6 Å². The van der Waals surface area contributed by atoms with Crippen molar-refractivity contribution in [2.75, 3.05) is 0 Å². The van der Waals surface area contributed by atoms with Crippen LogP contribution in [0.25, 0.3) is 0 Å². The summed E-state index contributed by atoms with van der Waals surface area (Å²) in [5.74, 6) is 0.915. The van der Waals surface area contributed by atoms with Gasteiger partial charge in [-0.15, -0.1) is 0 Å². The molecule has 238 valence electrons. The van der Waals surface area contributed by atoms with Gasteiger partial charge in [0.05, 0.1) is 6.42 Å². The summed E-state index contributed by atoms with van der Waals surface area (Å²) in [6.45, 7) is 17.4. The maximum atomic E-state index is 13.5. The van der Waals surface area contributed by atoms with Crippen molar-refractivity contribution in [3.05, 3.63) is 23.3 Å². The van der Waals surface area contributed by atoms with Crippen LogP contribution in [-0.2, 0) is 23.9 Å². The molecule has 0 aromatic heterocycles. The summed E-state index contributed by atoms with van der Waals surface area (Å²) in [4.78, 5) is 49.4. The fourth-order valence-corrected chi connectivity index (χ4v) is 11.6. The summed E-state index contributed by atoms with van der Waals surface area (Å²) in [6.07, 6.45) is 12.5. The Labute approximate surface area is 258 Å². The number of carbonyl (C=O) groups excluding carboxylic acids is 3. The first-order chi connectivity index (χ1) is 19.9. The molecule has 8 atom stereocenters. The zero-order chi connectivity index (χ0) is 31.8. The van der Waals surface area contributed by atoms with Crippen molar-refractivity contribution in [3.8, 4) is 0 Å². The predicted molar refractivity (Wildman–Crippen MR) is 166 cm³/mol. The fraction of sp³-hybridized carbons (Fsp3) is 0.784. The molecular weight excluding hydrogens is 540 g/mol. The van der Waals surface area contributed by atoms with Gasteiger partial charge in [-0.2, -0.15) is 0 Å². The summed E-state index contributed by atoms with van der Waals surface area (Å²) in [5.41, 5.74) is 1.21. The number of Topliss-reactive ketones (excluding diaryl/α,β-unsaturated/α-hetero) is 1. The van der Waals surface area contributed by atoms with Gasteiger partial charge in [-0.3, -0.25) is 9.59 Å². The molecule has 0 aromatic rings. The lowest BCUT2D eigenvalue weighted by Gasteiger charge is -2.68. The van der Waals surface area contributed by atoms with Crippen LogP contribution in [0, 0.1) is 56.7 Å². The van der Waals surface area contributed by atoms with Crippen molar-refractivity contribution in [1.29, 1.82) is 0 Å². The highest BCUT2D eigenvalue weighted by Gasteiger charge is 2.66. The van der Waals surface area contributed by atoms with E-state index in [4.69, 9.17) is 4.74 Å². The molecule has 0 heterocycles. The Balaban J connectivity index is 1.44. The molecule has 0 aromatic carbocycles. The molecule has 0 bridgehead atoms. The average Bonchev–Trinajstić information content (AvgIpc) is 3.21. The summed E-state index contributed by atoms with van der Waals surface area (Å²) in [5, 5.41) is 9.51. The van der Waals surface area contributed by atoms with E-state index in [2.05, 4.69) is 41.5 Å². The van der Waals surface area contributed by atoms with E-state index in [0.717, 1.165) is 63.2 Å². The van der Waals surface area contributed by atoms with Crippen molar-refractivity contribution in [3.63, 3.8) is 0 Å². The van der Waals surface area contributed by atoms with Crippen molar-refractivity contribution < 1.29 is 29.0 Å². The van der Waals surface area contributed by atoms with Crippen LogP contribution in [0.3, 0.4) is 0 Å². The Morgan fingerprint density at radius 3 is 2.28 bits per heavy atom. The number of carboxylic acid groups (broad SMARTS) is 1. The maximum Gasteiger partial charge on any atom is 0.328 e. The molecule has 43 heavy (non-hydrogen) atoms. The van der Waals surface area contributed by atoms with Gasteiger partial charge < -0.3 is 14.6 Å². The molecule has 5 rings (SSSR count). The Morgan fingerprint density at radius 1 is 0.977 bits per heavy atom. The molecule has 0 saturated heterocycles. The van der Waals surface area contributed by atoms with E-state index in [0.29, 0.717) is 30.1 Å². The van der Waals surface area contributed by atoms with Crippen LogP contribution in [0.5, 0.6) is 0 Å².